The lowest BCUT2D eigenvalue weighted by atomic mass is 10.1. The highest BCUT2D eigenvalue weighted by Gasteiger charge is 2.41. The number of methoxy groups -OCH3 is 1. The van der Waals surface area contributed by atoms with Crippen LogP contribution in [0, 0.1) is 12.3 Å². The van der Waals surface area contributed by atoms with Crippen LogP contribution in [0.3, 0.4) is 0 Å². The summed E-state index contributed by atoms with van der Waals surface area (Å²) >= 11 is 4.14. The van der Waals surface area contributed by atoms with Crippen molar-refractivity contribution in [1.82, 2.24) is 4.90 Å². The first-order valence-electron chi connectivity index (χ1n) is 8.21. The molecule has 2 amide bonds. The van der Waals surface area contributed by atoms with Crippen LogP contribution in [0.1, 0.15) is 19.4 Å². The minimum Gasteiger partial charge on any atom is -0.493 e. The van der Waals surface area contributed by atoms with Gasteiger partial charge in [-0.15, -0.1) is 6.42 Å². The van der Waals surface area contributed by atoms with Gasteiger partial charge in [0.05, 0.1) is 23.1 Å². The molecule has 0 unspecified atom stereocenters. The molecule has 1 heterocycles. The Bertz CT molecular complexity index is 876. The summed E-state index contributed by atoms with van der Waals surface area (Å²) in [6.45, 7) is 3.34. The molecule has 148 valence electrons. The van der Waals surface area contributed by atoms with Gasteiger partial charge in [0.15, 0.2) is 11.5 Å². The number of imide groups is 1. The summed E-state index contributed by atoms with van der Waals surface area (Å²) in [4.78, 5) is 37.9. The average molecular weight is 468 g/mol. The van der Waals surface area contributed by atoms with Crippen molar-refractivity contribution in [3.05, 3.63) is 27.1 Å². The number of thioether (sulfide) groups is 1. The first-order valence-corrected chi connectivity index (χ1v) is 9.82. The number of esters is 1. The van der Waals surface area contributed by atoms with Crippen LogP contribution in [0.15, 0.2) is 21.5 Å². The van der Waals surface area contributed by atoms with Gasteiger partial charge in [-0.05, 0) is 65.3 Å². The van der Waals surface area contributed by atoms with E-state index in [0.29, 0.717) is 21.5 Å². The zero-order valence-corrected chi connectivity index (χ0v) is 17.9. The zero-order chi connectivity index (χ0) is 20.8. The van der Waals surface area contributed by atoms with Crippen LogP contribution < -0.4 is 9.47 Å². The fourth-order valence-corrected chi connectivity index (χ4v) is 3.89. The number of halogens is 1. The molecule has 0 N–H and O–H groups in total. The SMILES string of the molecule is C#CCOc1c(Br)cc(/C=C2/SC(=O)N([C@@H](C)C(=O)OCC)C2=O)cc1OC. The van der Waals surface area contributed by atoms with E-state index in [9.17, 15) is 14.4 Å². The lowest BCUT2D eigenvalue weighted by Gasteiger charge is -2.19. The molecule has 1 fully saturated rings. The van der Waals surface area contributed by atoms with Crippen LogP contribution >= 0.6 is 27.7 Å². The van der Waals surface area contributed by atoms with Gasteiger partial charge in [0.2, 0.25) is 0 Å². The zero-order valence-electron chi connectivity index (χ0n) is 15.5. The molecular weight excluding hydrogens is 450 g/mol. The maximum absolute atomic E-state index is 12.6. The Morgan fingerprint density at radius 1 is 1.43 bits per heavy atom. The smallest absolute Gasteiger partial charge is 0.329 e. The number of nitrogens with zero attached hydrogens (tertiary/aromatic N) is 1. The minimum atomic E-state index is -1.00. The maximum atomic E-state index is 12.6. The lowest BCUT2D eigenvalue weighted by molar-refractivity contribution is -0.150. The van der Waals surface area contributed by atoms with E-state index in [4.69, 9.17) is 20.6 Å². The Kier molecular flexibility index (Phi) is 7.54. The van der Waals surface area contributed by atoms with Crippen LogP contribution in [0.5, 0.6) is 11.5 Å². The number of hydrogen-bond acceptors (Lipinski definition) is 7. The van der Waals surface area contributed by atoms with Crippen LogP contribution in [0.4, 0.5) is 4.79 Å². The number of amides is 2. The van der Waals surface area contributed by atoms with Crippen molar-refractivity contribution >= 4 is 50.9 Å². The average Bonchev–Trinajstić information content (AvgIpc) is 2.93. The fourth-order valence-electron chi connectivity index (χ4n) is 2.41. The maximum Gasteiger partial charge on any atom is 0.329 e. The van der Waals surface area contributed by atoms with E-state index in [1.165, 1.54) is 14.0 Å². The van der Waals surface area contributed by atoms with Gasteiger partial charge >= 0.3 is 5.97 Å². The summed E-state index contributed by atoms with van der Waals surface area (Å²) in [5.41, 5.74) is 0.603. The van der Waals surface area contributed by atoms with Gasteiger partial charge in [0.1, 0.15) is 12.6 Å². The molecule has 1 aliphatic rings. The molecule has 2 rings (SSSR count). The van der Waals surface area contributed by atoms with Gasteiger partial charge < -0.3 is 14.2 Å². The summed E-state index contributed by atoms with van der Waals surface area (Å²) in [7, 11) is 1.48. The molecule has 1 saturated heterocycles. The van der Waals surface area contributed by atoms with Crippen molar-refractivity contribution in [1.29, 1.82) is 0 Å². The van der Waals surface area contributed by atoms with Gasteiger partial charge in [-0.3, -0.25) is 14.5 Å². The molecule has 1 aliphatic heterocycles. The molecule has 7 nitrogen and oxygen atoms in total. The Hall–Kier alpha value is -2.44. The third-order valence-corrected chi connectivity index (χ3v) is 5.16. The third kappa shape index (κ3) is 4.69. The highest BCUT2D eigenvalue weighted by atomic mass is 79.9. The number of carbonyl (C=O) groups excluding carboxylic acids is 3. The Morgan fingerprint density at radius 3 is 2.75 bits per heavy atom. The fraction of sp³-hybridized carbons (Fsp3) is 0.316. The molecule has 28 heavy (non-hydrogen) atoms. The largest absolute Gasteiger partial charge is 0.493 e. The van der Waals surface area contributed by atoms with Crippen molar-refractivity contribution < 1.29 is 28.6 Å². The van der Waals surface area contributed by atoms with Gasteiger partial charge in [0, 0.05) is 0 Å². The predicted molar refractivity (Wildman–Crippen MR) is 109 cm³/mol. The van der Waals surface area contributed by atoms with Gasteiger partial charge in [-0.1, -0.05) is 5.92 Å². The molecule has 0 spiro atoms. The highest BCUT2D eigenvalue weighted by Crippen LogP contribution is 2.39. The molecule has 0 saturated carbocycles. The monoisotopic (exact) mass is 467 g/mol. The molecule has 0 aliphatic carbocycles. The molecule has 0 bridgehead atoms. The van der Waals surface area contributed by atoms with Gasteiger partial charge in [-0.2, -0.15) is 0 Å². The molecule has 1 aromatic rings. The normalized spacial score (nSPS) is 16.1. The quantitative estimate of drug-likeness (QED) is 0.345. The van der Waals surface area contributed by atoms with Crippen LogP contribution in [0.2, 0.25) is 0 Å². The Morgan fingerprint density at radius 2 is 2.14 bits per heavy atom. The van der Waals surface area contributed by atoms with Crippen molar-refractivity contribution in [2.24, 2.45) is 0 Å². The summed E-state index contributed by atoms with van der Waals surface area (Å²) in [5, 5.41) is -0.531. The molecule has 0 aromatic heterocycles. The number of benzene rings is 1. The number of hydrogen-bond donors (Lipinski definition) is 0. The van der Waals surface area contributed by atoms with Crippen LogP contribution in [0.25, 0.3) is 6.08 Å². The number of ether oxygens (including phenoxy) is 3. The molecule has 9 heteroatoms. The standard InChI is InChI=1S/C19H18BrNO6S/c1-5-7-27-16-13(20)8-12(9-14(16)25-4)10-15-17(22)21(19(24)28-15)11(3)18(23)26-6-2/h1,8-11H,6-7H2,2-4H3/b15-10+/t11-/m0/s1. The Labute approximate surface area is 175 Å². The van der Waals surface area contributed by atoms with Crippen molar-refractivity contribution in [2.75, 3.05) is 20.3 Å². The lowest BCUT2D eigenvalue weighted by Crippen LogP contribution is -2.42. The second-order valence-electron chi connectivity index (χ2n) is 5.51. The number of terminal acetylenes is 1. The van der Waals surface area contributed by atoms with E-state index in [2.05, 4.69) is 21.9 Å². The Balaban J connectivity index is 2.32. The van der Waals surface area contributed by atoms with Crippen LogP contribution in [-0.2, 0) is 14.3 Å². The number of rotatable bonds is 7. The second-order valence-corrected chi connectivity index (χ2v) is 7.35. The first-order chi connectivity index (χ1) is 13.3. The number of carbonyl (C=O) groups is 3. The molecule has 1 aromatic carbocycles. The molecule has 1 atom stereocenters. The van der Waals surface area contributed by atoms with Gasteiger partial charge in [0.25, 0.3) is 11.1 Å². The van der Waals surface area contributed by atoms with Crippen molar-refractivity contribution in [3.8, 4) is 23.8 Å². The first kappa shape index (κ1) is 21.9. The summed E-state index contributed by atoms with van der Waals surface area (Å²) in [5.74, 6) is 2.03. The van der Waals surface area contributed by atoms with E-state index in [-0.39, 0.29) is 18.1 Å². The van der Waals surface area contributed by atoms with E-state index in [1.54, 1.807) is 25.1 Å². The summed E-state index contributed by atoms with van der Waals surface area (Å²) < 4.78 is 16.2. The molecular formula is C19H18BrNO6S. The molecule has 0 radical (unpaired) electrons. The van der Waals surface area contributed by atoms with Gasteiger partial charge in [-0.25, -0.2) is 4.79 Å². The predicted octanol–water partition coefficient (Wildman–Crippen LogP) is 3.46. The van der Waals surface area contributed by atoms with E-state index in [0.717, 1.165) is 16.7 Å². The summed E-state index contributed by atoms with van der Waals surface area (Å²) in [6.07, 6.45) is 6.75. The second kappa shape index (κ2) is 9.66. The highest BCUT2D eigenvalue weighted by molar-refractivity contribution is 9.10. The van der Waals surface area contributed by atoms with Crippen molar-refractivity contribution in [2.45, 2.75) is 19.9 Å². The van der Waals surface area contributed by atoms with E-state index >= 15 is 0 Å². The summed E-state index contributed by atoms with van der Waals surface area (Å²) in [6, 6.07) is 2.36. The van der Waals surface area contributed by atoms with Crippen LogP contribution in [-0.4, -0.2) is 48.4 Å². The van der Waals surface area contributed by atoms with E-state index in [1.807, 2.05) is 0 Å². The minimum absolute atomic E-state index is 0.0684. The van der Waals surface area contributed by atoms with E-state index < -0.39 is 23.2 Å². The third-order valence-electron chi connectivity index (χ3n) is 3.69. The van der Waals surface area contributed by atoms with Crippen molar-refractivity contribution in [3.63, 3.8) is 0 Å². The topological polar surface area (TPSA) is 82.1 Å².